The fourth-order valence-corrected chi connectivity index (χ4v) is 3.56. The number of fused-ring (bicyclic) bond motifs is 1. The van der Waals surface area contributed by atoms with Gasteiger partial charge in [0.2, 0.25) is 0 Å². The molecule has 0 spiro atoms. The van der Waals surface area contributed by atoms with Crippen molar-refractivity contribution in [2.75, 3.05) is 0 Å². The predicted molar refractivity (Wildman–Crippen MR) is 89.8 cm³/mol. The third-order valence-electron chi connectivity index (χ3n) is 3.84. The Bertz CT molecular complexity index is 721. The predicted octanol–water partition coefficient (Wildman–Crippen LogP) is 4.85. The van der Waals surface area contributed by atoms with Gasteiger partial charge in [-0.15, -0.1) is 11.3 Å². The highest BCUT2D eigenvalue weighted by Gasteiger charge is 2.12. The summed E-state index contributed by atoms with van der Waals surface area (Å²) in [6.07, 6.45) is 1.03. The minimum Gasteiger partial charge on any atom is -0.508 e. The number of hydrogen-bond acceptors (Lipinski definition) is 3. The van der Waals surface area contributed by atoms with Gasteiger partial charge in [-0.1, -0.05) is 43.3 Å². The highest BCUT2D eigenvalue weighted by atomic mass is 32.1. The first-order valence-corrected chi connectivity index (χ1v) is 8.14. The van der Waals surface area contributed by atoms with Crippen molar-refractivity contribution < 1.29 is 5.11 Å². The molecule has 0 fully saturated rings. The lowest BCUT2D eigenvalue weighted by Gasteiger charge is -2.17. The summed E-state index contributed by atoms with van der Waals surface area (Å²) in [5, 5.41) is 18.1. The Morgan fingerprint density at radius 2 is 1.95 bits per heavy atom. The van der Waals surface area contributed by atoms with Crippen LogP contribution >= 0.6 is 11.3 Å². The lowest BCUT2D eigenvalue weighted by atomic mass is 10.0. The molecule has 0 radical (unpaired) electrons. The lowest BCUT2D eigenvalue weighted by Crippen LogP contribution is -2.19. The van der Waals surface area contributed by atoms with Crippen LogP contribution in [0.15, 0.2) is 53.9 Å². The van der Waals surface area contributed by atoms with Crippen molar-refractivity contribution in [3.05, 3.63) is 64.4 Å². The van der Waals surface area contributed by atoms with Gasteiger partial charge in [-0.3, -0.25) is 0 Å². The molecule has 0 aliphatic heterocycles. The Morgan fingerprint density at radius 3 is 2.71 bits per heavy atom. The van der Waals surface area contributed by atoms with E-state index < -0.39 is 0 Å². The SMILES string of the molecule is CCC(NCc1c(O)ccc2ccccc12)c1cccs1. The van der Waals surface area contributed by atoms with Crippen LogP contribution in [0.4, 0.5) is 0 Å². The van der Waals surface area contributed by atoms with E-state index in [1.807, 2.05) is 18.2 Å². The molecule has 0 aliphatic carbocycles. The van der Waals surface area contributed by atoms with Crippen molar-refractivity contribution in [3.8, 4) is 5.75 Å². The van der Waals surface area contributed by atoms with Gasteiger partial charge in [0, 0.05) is 23.0 Å². The van der Waals surface area contributed by atoms with Crippen LogP contribution in [0.25, 0.3) is 10.8 Å². The minimum atomic E-state index is 0.336. The lowest BCUT2D eigenvalue weighted by molar-refractivity contribution is 0.458. The van der Waals surface area contributed by atoms with Crippen molar-refractivity contribution in [1.29, 1.82) is 0 Å². The minimum absolute atomic E-state index is 0.336. The van der Waals surface area contributed by atoms with Gasteiger partial charge in [-0.05, 0) is 34.7 Å². The van der Waals surface area contributed by atoms with Crippen LogP contribution in [0.5, 0.6) is 5.75 Å². The van der Waals surface area contributed by atoms with Crippen molar-refractivity contribution in [2.45, 2.75) is 25.9 Å². The Hall–Kier alpha value is -1.84. The molecule has 3 heteroatoms. The number of benzene rings is 2. The summed E-state index contributed by atoms with van der Waals surface area (Å²) < 4.78 is 0. The van der Waals surface area contributed by atoms with Crippen LogP contribution in [-0.2, 0) is 6.54 Å². The number of aromatic hydroxyl groups is 1. The Morgan fingerprint density at radius 1 is 1.10 bits per heavy atom. The van der Waals surface area contributed by atoms with Gasteiger partial charge >= 0.3 is 0 Å². The first-order valence-electron chi connectivity index (χ1n) is 7.26. The second-order valence-electron chi connectivity index (χ2n) is 5.14. The van der Waals surface area contributed by atoms with Crippen molar-refractivity contribution in [3.63, 3.8) is 0 Å². The fourth-order valence-electron chi connectivity index (χ4n) is 2.67. The Balaban J connectivity index is 1.86. The topological polar surface area (TPSA) is 32.3 Å². The molecular formula is C18H19NOS. The number of thiophene rings is 1. The van der Waals surface area contributed by atoms with Gasteiger partial charge in [-0.25, -0.2) is 0 Å². The van der Waals surface area contributed by atoms with Crippen LogP contribution in [0.3, 0.4) is 0 Å². The normalized spacial score (nSPS) is 12.6. The molecule has 1 aromatic heterocycles. The third kappa shape index (κ3) is 2.94. The maximum Gasteiger partial charge on any atom is 0.120 e. The van der Waals surface area contributed by atoms with E-state index in [0.29, 0.717) is 18.3 Å². The average molecular weight is 297 g/mol. The zero-order chi connectivity index (χ0) is 14.7. The third-order valence-corrected chi connectivity index (χ3v) is 4.82. The zero-order valence-corrected chi connectivity index (χ0v) is 12.9. The quantitative estimate of drug-likeness (QED) is 0.705. The van der Waals surface area contributed by atoms with Gasteiger partial charge in [0.1, 0.15) is 5.75 Å². The highest BCUT2D eigenvalue weighted by Crippen LogP contribution is 2.28. The second kappa shape index (κ2) is 6.29. The Labute approximate surface area is 129 Å². The van der Waals surface area contributed by atoms with Crippen molar-refractivity contribution >= 4 is 22.1 Å². The number of nitrogens with one attached hydrogen (secondary N) is 1. The maximum absolute atomic E-state index is 10.2. The number of rotatable bonds is 5. The molecular weight excluding hydrogens is 278 g/mol. The highest BCUT2D eigenvalue weighted by molar-refractivity contribution is 7.10. The molecule has 3 aromatic rings. The van der Waals surface area contributed by atoms with Crippen molar-refractivity contribution in [1.82, 2.24) is 5.32 Å². The van der Waals surface area contributed by atoms with E-state index in [9.17, 15) is 5.11 Å². The molecule has 108 valence electrons. The summed E-state index contributed by atoms with van der Waals surface area (Å²) in [6.45, 7) is 2.85. The molecule has 0 bridgehead atoms. The van der Waals surface area contributed by atoms with E-state index in [1.165, 1.54) is 4.88 Å². The summed E-state index contributed by atoms with van der Waals surface area (Å²) in [6, 6.07) is 16.5. The summed E-state index contributed by atoms with van der Waals surface area (Å²) in [7, 11) is 0. The van der Waals surface area contributed by atoms with Crippen molar-refractivity contribution in [2.24, 2.45) is 0 Å². The van der Waals surface area contributed by atoms with Crippen LogP contribution in [0, 0.1) is 0 Å². The number of phenolic OH excluding ortho intramolecular Hbond substituents is 1. The van der Waals surface area contributed by atoms with Gasteiger partial charge in [0.25, 0.3) is 0 Å². The molecule has 1 heterocycles. The van der Waals surface area contributed by atoms with Crippen LogP contribution in [0.1, 0.15) is 29.8 Å². The molecule has 3 rings (SSSR count). The van der Waals surface area contributed by atoms with Gasteiger partial charge in [-0.2, -0.15) is 0 Å². The van der Waals surface area contributed by atoms with E-state index >= 15 is 0 Å². The molecule has 2 aromatic carbocycles. The fraction of sp³-hybridized carbons (Fsp3) is 0.222. The standard InChI is InChI=1S/C18H19NOS/c1-2-16(18-8-5-11-21-18)19-12-15-14-7-4-3-6-13(14)9-10-17(15)20/h3-11,16,19-20H,2,12H2,1H3. The first-order chi connectivity index (χ1) is 10.3. The average Bonchev–Trinajstić information content (AvgIpc) is 3.04. The number of phenols is 1. The molecule has 0 saturated heterocycles. The molecule has 0 saturated carbocycles. The van der Waals surface area contributed by atoms with E-state index in [2.05, 4.69) is 41.9 Å². The molecule has 2 N–H and O–H groups in total. The molecule has 2 nitrogen and oxygen atoms in total. The van der Waals surface area contributed by atoms with Gasteiger partial charge in [0.05, 0.1) is 0 Å². The molecule has 21 heavy (non-hydrogen) atoms. The molecule has 0 amide bonds. The van der Waals surface area contributed by atoms with E-state index in [4.69, 9.17) is 0 Å². The summed E-state index contributed by atoms with van der Waals surface area (Å²) in [5.41, 5.74) is 0.975. The molecule has 1 atom stereocenters. The second-order valence-corrected chi connectivity index (χ2v) is 6.12. The molecule has 0 aliphatic rings. The first kappa shape index (κ1) is 14.1. The van der Waals surface area contributed by atoms with Gasteiger partial charge < -0.3 is 10.4 Å². The van der Waals surface area contributed by atoms with Crippen LogP contribution in [-0.4, -0.2) is 5.11 Å². The largest absolute Gasteiger partial charge is 0.508 e. The monoisotopic (exact) mass is 297 g/mol. The van der Waals surface area contributed by atoms with E-state index in [-0.39, 0.29) is 0 Å². The number of hydrogen-bond donors (Lipinski definition) is 2. The Kier molecular flexibility index (Phi) is 4.23. The summed E-state index contributed by atoms with van der Waals surface area (Å²) >= 11 is 1.77. The summed E-state index contributed by atoms with van der Waals surface area (Å²) in [4.78, 5) is 1.34. The zero-order valence-electron chi connectivity index (χ0n) is 12.0. The van der Waals surface area contributed by atoms with Crippen LogP contribution in [0.2, 0.25) is 0 Å². The maximum atomic E-state index is 10.2. The van der Waals surface area contributed by atoms with E-state index in [0.717, 1.165) is 22.8 Å². The van der Waals surface area contributed by atoms with Gasteiger partial charge in [0.15, 0.2) is 0 Å². The molecule has 1 unspecified atom stereocenters. The smallest absolute Gasteiger partial charge is 0.120 e. The van der Waals surface area contributed by atoms with E-state index in [1.54, 1.807) is 17.4 Å². The summed E-state index contributed by atoms with van der Waals surface area (Å²) in [5.74, 6) is 0.363. The van der Waals surface area contributed by atoms with Crippen LogP contribution < -0.4 is 5.32 Å².